The second-order valence-corrected chi connectivity index (χ2v) is 6.14. The number of aromatic nitrogens is 1. The van der Waals surface area contributed by atoms with Crippen molar-refractivity contribution < 1.29 is 27.8 Å². The van der Waals surface area contributed by atoms with E-state index >= 15 is 0 Å². The number of carbonyl (C=O) groups excluding carboxylic acids is 1. The molecule has 24 heavy (non-hydrogen) atoms. The number of H-pyrrole nitrogens is 1. The van der Waals surface area contributed by atoms with Crippen molar-refractivity contribution in [3.63, 3.8) is 0 Å². The molecule has 0 bridgehead atoms. The lowest BCUT2D eigenvalue weighted by molar-refractivity contribution is -0.274. The van der Waals surface area contributed by atoms with Gasteiger partial charge in [0, 0.05) is 30.1 Å². The second-order valence-electron chi connectivity index (χ2n) is 6.14. The van der Waals surface area contributed by atoms with Gasteiger partial charge >= 0.3 is 6.36 Å². The lowest BCUT2D eigenvalue weighted by atomic mass is 10.0. The number of rotatable bonds is 6. The van der Waals surface area contributed by atoms with Gasteiger partial charge in [-0.2, -0.15) is 0 Å². The molecule has 3 rings (SSSR count). The van der Waals surface area contributed by atoms with Gasteiger partial charge in [-0.3, -0.25) is 4.79 Å². The average molecular weight is 342 g/mol. The van der Waals surface area contributed by atoms with Crippen LogP contribution >= 0.6 is 0 Å². The smallest absolute Gasteiger partial charge is 0.406 e. The van der Waals surface area contributed by atoms with Gasteiger partial charge in [-0.05, 0) is 42.9 Å². The lowest BCUT2D eigenvalue weighted by Gasteiger charge is -2.11. The van der Waals surface area contributed by atoms with E-state index in [1.165, 1.54) is 18.2 Å². The van der Waals surface area contributed by atoms with E-state index in [4.69, 9.17) is 0 Å². The molecule has 0 atom stereocenters. The molecular weight excluding hydrogens is 325 g/mol. The van der Waals surface area contributed by atoms with Crippen LogP contribution in [0.1, 0.15) is 29.8 Å². The number of aliphatic hydroxyl groups is 1. The van der Waals surface area contributed by atoms with E-state index in [1.54, 1.807) is 6.07 Å². The van der Waals surface area contributed by atoms with Crippen molar-refractivity contribution in [2.75, 3.05) is 13.2 Å². The number of hydrogen-bond acceptors (Lipinski definition) is 3. The Morgan fingerprint density at radius 2 is 2.08 bits per heavy atom. The number of aromatic amines is 1. The number of nitrogens with one attached hydrogen (secondary N) is 2. The van der Waals surface area contributed by atoms with E-state index in [-0.39, 0.29) is 29.4 Å². The Kier molecular flexibility index (Phi) is 4.16. The summed E-state index contributed by atoms with van der Waals surface area (Å²) in [5, 5.41) is 12.6. The molecule has 8 heteroatoms. The summed E-state index contributed by atoms with van der Waals surface area (Å²) in [4.78, 5) is 14.9. The molecule has 1 aromatic heterocycles. The molecule has 1 heterocycles. The first-order chi connectivity index (χ1) is 11.3. The lowest BCUT2D eigenvalue weighted by Crippen LogP contribution is -2.27. The highest BCUT2D eigenvalue weighted by Gasteiger charge is 2.41. The number of carbonyl (C=O) groups is 1. The molecule has 3 N–H and O–H groups in total. The van der Waals surface area contributed by atoms with E-state index in [2.05, 4.69) is 15.0 Å². The van der Waals surface area contributed by atoms with Crippen LogP contribution < -0.4 is 10.1 Å². The fraction of sp³-hybridized carbons (Fsp3) is 0.438. The molecule has 0 spiro atoms. The van der Waals surface area contributed by atoms with Crippen molar-refractivity contribution in [3.8, 4) is 5.75 Å². The minimum absolute atomic E-state index is 0.0441. The summed E-state index contributed by atoms with van der Waals surface area (Å²) in [7, 11) is 0. The molecule has 2 aromatic rings. The van der Waals surface area contributed by atoms with Crippen molar-refractivity contribution in [1.29, 1.82) is 0 Å². The molecule has 0 radical (unpaired) electrons. The summed E-state index contributed by atoms with van der Waals surface area (Å²) >= 11 is 0. The standard InChI is InChI=1S/C16H17F3N2O3/c17-16(18,19)24-11-2-1-10-7-13(21-12(10)8-11)14(23)20-6-5-15(9-22)3-4-15/h1-2,7-8,21-22H,3-6,9H2,(H,20,23). The van der Waals surface area contributed by atoms with Crippen molar-refractivity contribution in [2.24, 2.45) is 5.41 Å². The van der Waals surface area contributed by atoms with Crippen LogP contribution in [-0.4, -0.2) is 35.5 Å². The molecule has 0 saturated heterocycles. The van der Waals surface area contributed by atoms with Crippen molar-refractivity contribution >= 4 is 16.8 Å². The van der Waals surface area contributed by atoms with Crippen molar-refractivity contribution in [3.05, 3.63) is 30.0 Å². The third-order valence-corrected chi connectivity index (χ3v) is 4.31. The summed E-state index contributed by atoms with van der Waals surface area (Å²) in [6.07, 6.45) is -2.12. The van der Waals surface area contributed by atoms with Crippen LogP contribution in [0.5, 0.6) is 5.75 Å². The first kappa shape index (κ1) is 16.6. The Hall–Kier alpha value is -2.22. The Morgan fingerprint density at radius 3 is 2.71 bits per heavy atom. The van der Waals surface area contributed by atoms with Gasteiger partial charge in [0.05, 0.1) is 0 Å². The van der Waals surface area contributed by atoms with Crippen LogP contribution in [0.3, 0.4) is 0 Å². The summed E-state index contributed by atoms with van der Waals surface area (Å²) in [6, 6.07) is 5.42. The molecular formula is C16H17F3N2O3. The van der Waals surface area contributed by atoms with Crippen molar-refractivity contribution in [2.45, 2.75) is 25.6 Å². The summed E-state index contributed by atoms with van der Waals surface area (Å²) in [5.74, 6) is -0.680. The molecule has 0 aliphatic heterocycles. The third-order valence-electron chi connectivity index (χ3n) is 4.31. The van der Waals surface area contributed by atoms with Gasteiger partial charge in [0.25, 0.3) is 5.91 Å². The molecule has 5 nitrogen and oxygen atoms in total. The number of benzene rings is 1. The van der Waals surface area contributed by atoms with Crippen LogP contribution in [0.2, 0.25) is 0 Å². The van der Waals surface area contributed by atoms with Gasteiger partial charge in [0.15, 0.2) is 0 Å². The molecule has 0 unspecified atom stereocenters. The van der Waals surface area contributed by atoms with Gasteiger partial charge in [-0.25, -0.2) is 0 Å². The minimum Gasteiger partial charge on any atom is -0.406 e. The van der Waals surface area contributed by atoms with Crippen molar-refractivity contribution in [1.82, 2.24) is 10.3 Å². The zero-order valence-electron chi connectivity index (χ0n) is 12.7. The fourth-order valence-electron chi connectivity index (χ4n) is 2.63. The second kappa shape index (κ2) is 6.01. The van der Waals surface area contributed by atoms with E-state index in [0.29, 0.717) is 23.9 Å². The fourth-order valence-corrected chi connectivity index (χ4v) is 2.63. The quantitative estimate of drug-likeness (QED) is 0.756. The molecule has 1 fully saturated rings. The minimum atomic E-state index is -4.76. The molecule has 130 valence electrons. The maximum Gasteiger partial charge on any atom is 0.573 e. The molecule has 1 saturated carbocycles. The Labute approximate surface area is 135 Å². The summed E-state index contributed by atoms with van der Waals surface area (Å²) < 4.78 is 40.5. The largest absolute Gasteiger partial charge is 0.573 e. The predicted molar refractivity (Wildman–Crippen MR) is 80.7 cm³/mol. The summed E-state index contributed by atoms with van der Waals surface area (Å²) in [5.41, 5.74) is 0.608. The monoisotopic (exact) mass is 342 g/mol. The Morgan fingerprint density at radius 1 is 1.33 bits per heavy atom. The van der Waals surface area contributed by atoms with E-state index in [0.717, 1.165) is 12.8 Å². The third kappa shape index (κ3) is 3.81. The number of aliphatic hydroxyl groups excluding tert-OH is 1. The summed E-state index contributed by atoms with van der Waals surface area (Å²) in [6.45, 7) is 0.564. The highest BCUT2D eigenvalue weighted by atomic mass is 19.4. The number of alkyl halides is 3. The first-order valence-corrected chi connectivity index (χ1v) is 7.58. The van der Waals surface area contributed by atoms with Gasteiger partial charge in [0.2, 0.25) is 0 Å². The van der Waals surface area contributed by atoms with Gasteiger partial charge in [0.1, 0.15) is 11.4 Å². The van der Waals surface area contributed by atoms with Crippen LogP contribution in [0, 0.1) is 5.41 Å². The van der Waals surface area contributed by atoms with Gasteiger partial charge < -0.3 is 20.1 Å². The molecule has 1 aliphatic rings. The topological polar surface area (TPSA) is 74.3 Å². The van der Waals surface area contributed by atoms with Crippen LogP contribution in [0.25, 0.3) is 10.9 Å². The average Bonchev–Trinajstić information content (AvgIpc) is 3.15. The number of fused-ring (bicyclic) bond motifs is 1. The Bertz CT molecular complexity index is 751. The highest BCUT2D eigenvalue weighted by Crippen LogP contribution is 2.47. The maximum absolute atomic E-state index is 12.2. The SMILES string of the molecule is O=C(NCCC1(CO)CC1)c1cc2ccc(OC(F)(F)F)cc2[nH]1. The van der Waals surface area contributed by atoms with E-state index in [1.807, 2.05) is 0 Å². The number of ether oxygens (including phenoxy) is 1. The molecule has 1 amide bonds. The molecule has 1 aliphatic carbocycles. The van der Waals surface area contributed by atoms with Crippen LogP contribution in [0.4, 0.5) is 13.2 Å². The maximum atomic E-state index is 12.2. The van der Waals surface area contributed by atoms with Crippen LogP contribution in [-0.2, 0) is 0 Å². The predicted octanol–water partition coefficient (Wildman–Crippen LogP) is 2.96. The Balaban J connectivity index is 1.65. The zero-order valence-corrected chi connectivity index (χ0v) is 12.7. The van der Waals surface area contributed by atoms with E-state index in [9.17, 15) is 23.1 Å². The van der Waals surface area contributed by atoms with Gasteiger partial charge in [-0.1, -0.05) is 0 Å². The number of halogens is 3. The van der Waals surface area contributed by atoms with Gasteiger partial charge in [-0.15, -0.1) is 13.2 Å². The first-order valence-electron chi connectivity index (χ1n) is 7.58. The zero-order chi connectivity index (χ0) is 17.4. The highest BCUT2D eigenvalue weighted by molar-refractivity contribution is 5.98. The number of hydrogen-bond donors (Lipinski definition) is 3. The van der Waals surface area contributed by atoms with Crippen LogP contribution in [0.15, 0.2) is 24.3 Å². The molecule has 1 aromatic carbocycles. The normalized spacial score (nSPS) is 16.2. The van der Waals surface area contributed by atoms with E-state index < -0.39 is 6.36 Å². The number of amides is 1.